The highest BCUT2D eigenvalue weighted by atomic mass is 16.3. The highest BCUT2D eigenvalue weighted by molar-refractivity contribution is 5.17. The van der Waals surface area contributed by atoms with E-state index >= 15 is 0 Å². The van der Waals surface area contributed by atoms with Crippen molar-refractivity contribution >= 4 is 0 Å². The summed E-state index contributed by atoms with van der Waals surface area (Å²) >= 11 is 0. The third kappa shape index (κ3) is 2.94. The van der Waals surface area contributed by atoms with Gasteiger partial charge in [-0.15, -0.1) is 10.2 Å². The molecule has 1 heterocycles. The van der Waals surface area contributed by atoms with Crippen LogP contribution in [0.25, 0.3) is 0 Å². The second-order valence-electron chi connectivity index (χ2n) is 4.28. The van der Waals surface area contributed by atoms with Crippen LogP contribution in [-0.4, -0.2) is 26.4 Å². The van der Waals surface area contributed by atoms with Crippen molar-refractivity contribution in [1.82, 2.24) is 20.1 Å². The van der Waals surface area contributed by atoms with Crippen molar-refractivity contribution in [3.63, 3.8) is 0 Å². The molecule has 96 valence electrons. The second-order valence-corrected chi connectivity index (χ2v) is 4.28. The molecule has 1 aromatic heterocycles. The van der Waals surface area contributed by atoms with E-state index < -0.39 is 6.10 Å². The average Bonchev–Trinajstić information content (AvgIpc) is 2.71. The number of aliphatic hydroxyl groups excluding tert-OH is 1. The minimum Gasteiger partial charge on any atom is -0.387 e. The fourth-order valence-electron chi connectivity index (χ4n) is 1.72. The zero-order valence-corrected chi connectivity index (χ0v) is 10.7. The lowest BCUT2D eigenvalue weighted by atomic mass is 10.1. The number of nitrogens with one attached hydrogen (secondary N) is 1. The Morgan fingerprint density at radius 2 is 2.00 bits per heavy atom. The van der Waals surface area contributed by atoms with E-state index in [2.05, 4.69) is 15.5 Å². The Bertz CT molecular complexity index is 495. The van der Waals surface area contributed by atoms with Crippen LogP contribution in [0.1, 0.15) is 23.3 Å². The van der Waals surface area contributed by atoms with Crippen LogP contribution in [0.15, 0.2) is 30.3 Å². The molecule has 0 aliphatic heterocycles. The molecule has 1 atom stereocenters. The maximum atomic E-state index is 9.97. The van der Waals surface area contributed by atoms with Crippen molar-refractivity contribution in [1.29, 1.82) is 0 Å². The summed E-state index contributed by atoms with van der Waals surface area (Å²) in [6.07, 6.45) is -0.500. The van der Waals surface area contributed by atoms with Crippen LogP contribution in [0, 0.1) is 6.92 Å². The van der Waals surface area contributed by atoms with Crippen molar-refractivity contribution in [2.24, 2.45) is 7.05 Å². The number of aliphatic hydroxyl groups is 1. The van der Waals surface area contributed by atoms with Crippen LogP contribution >= 0.6 is 0 Å². The van der Waals surface area contributed by atoms with Gasteiger partial charge >= 0.3 is 0 Å². The number of aryl methyl sites for hydroxylation is 1. The fraction of sp³-hybridized carbons (Fsp3) is 0.385. The van der Waals surface area contributed by atoms with E-state index in [-0.39, 0.29) is 0 Å². The molecule has 0 aliphatic carbocycles. The minimum atomic E-state index is -0.500. The highest BCUT2D eigenvalue weighted by Crippen LogP contribution is 2.10. The summed E-state index contributed by atoms with van der Waals surface area (Å²) in [5.41, 5.74) is 0.916. The summed E-state index contributed by atoms with van der Waals surface area (Å²) in [4.78, 5) is 0. The van der Waals surface area contributed by atoms with Gasteiger partial charge in [0.2, 0.25) is 0 Å². The average molecular weight is 246 g/mol. The van der Waals surface area contributed by atoms with Gasteiger partial charge in [-0.05, 0) is 12.5 Å². The number of hydrogen-bond donors (Lipinski definition) is 2. The summed E-state index contributed by atoms with van der Waals surface area (Å²) in [7, 11) is 1.93. The van der Waals surface area contributed by atoms with Crippen LogP contribution in [0.5, 0.6) is 0 Å². The summed E-state index contributed by atoms with van der Waals surface area (Å²) in [6.45, 7) is 3.01. The first kappa shape index (κ1) is 12.7. The lowest BCUT2D eigenvalue weighted by Crippen LogP contribution is -2.22. The number of hydrogen-bond acceptors (Lipinski definition) is 4. The molecular formula is C13H18N4O. The number of nitrogens with zero attached hydrogens (tertiary/aromatic N) is 3. The SMILES string of the molecule is Cc1nnc(CNCC(O)c2ccccc2)n1C. The van der Waals surface area contributed by atoms with Crippen molar-refractivity contribution in [3.8, 4) is 0 Å². The predicted octanol–water partition coefficient (Wildman–Crippen LogP) is 0.947. The first-order chi connectivity index (χ1) is 8.68. The molecular weight excluding hydrogens is 228 g/mol. The first-order valence-electron chi connectivity index (χ1n) is 5.97. The van der Waals surface area contributed by atoms with Gasteiger partial charge < -0.3 is 15.0 Å². The smallest absolute Gasteiger partial charge is 0.146 e. The third-order valence-electron chi connectivity index (χ3n) is 2.99. The summed E-state index contributed by atoms with van der Waals surface area (Å²) in [5.74, 6) is 1.75. The molecule has 0 spiro atoms. The number of benzene rings is 1. The zero-order valence-electron chi connectivity index (χ0n) is 10.7. The highest BCUT2D eigenvalue weighted by Gasteiger charge is 2.08. The predicted molar refractivity (Wildman–Crippen MR) is 68.8 cm³/mol. The molecule has 2 aromatic rings. The zero-order chi connectivity index (χ0) is 13.0. The molecule has 0 radical (unpaired) electrons. The lowest BCUT2D eigenvalue weighted by Gasteiger charge is -2.11. The van der Waals surface area contributed by atoms with E-state index in [4.69, 9.17) is 0 Å². The van der Waals surface area contributed by atoms with E-state index in [1.165, 1.54) is 0 Å². The molecule has 0 saturated carbocycles. The maximum Gasteiger partial charge on any atom is 0.146 e. The van der Waals surface area contributed by atoms with Crippen molar-refractivity contribution in [2.75, 3.05) is 6.54 Å². The topological polar surface area (TPSA) is 63.0 Å². The van der Waals surface area contributed by atoms with Crippen LogP contribution in [0.4, 0.5) is 0 Å². The van der Waals surface area contributed by atoms with E-state index in [1.807, 2.05) is 48.9 Å². The molecule has 1 aromatic carbocycles. The Labute approximate surface area is 106 Å². The van der Waals surface area contributed by atoms with Crippen molar-refractivity contribution in [2.45, 2.75) is 19.6 Å². The number of rotatable bonds is 5. The molecule has 0 amide bonds. The third-order valence-corrected chi connectivity index (χ3v) is 2.99. The summed E-state index contributed by atoms with van der Waals surface area (Å²) < 4.78 is 1.93. The van der Waals surface area contributed by atoms with Gasteiger partial charge in [0.05, 0.1) is 12.6 Å². The maximum absolute atomic E-state index is 9.97. The molecule has 0 saturated heterocycles. The van der Waals surface area contributed by atoms with Gasteiger partial charge in [0, 0.05) is 13.6 Å². The normalized spacial score (nSPS) is 12.6. The van der Waals surface area contributed by atoms with Gasteiger partial charge in [0.25, 0.3) is 0 Å². The van der Waals surface area contributed by atoms with Crippen LogP contribution in [0.3, 0.4) is 0 Å². The van der Waals surface area contributed by atoms with E-state index in [1.54, 1.807) is 0 Å². The van der Waals surface area contributed by atoms with Crippen molar-refractivity contribution < 1.29 is 5.11 Å². The molecule has 2 N–H and O–H groups in total. The van der Waals surface area contributed by atoms with Crippen LogP contribution in [-0.2, 0) is 13.6 Å². The second kappa shape index (κ2) is 5.75. The molecule has 5 heteroatoms. The van der Waals surface area contributed by atoms with E-state index in [0.717, 1.165) is 17.2 Å². The minimum absolute atomic E-state index is 0.496. The largest absolute Gasteiger partial charge is 0.387 e. The fourth-order valence-corrected chi connectivity index (χ4v) is 1.72. The van der Waals surface area contributed by atoms with Gasteiger partial charge in [-0.1, -0.05) is 30.3 Å². The van der Waals surface area contributed by atoms with Gasteiger partial charge in [-0.25, -0.2) is 0 Å². The standard InChI is InChI=1S/C13H18N4O/c1-10-15-16-13(17(10)2)9-14-8-12(18)11-6-4-3-5-7-11/h3-7,12,14,18H,8-9H2,1-2H3. The van der Waals surface area contributed by atoms with Gasteiger partial charge in [-0.2, -0.15) is 0 Å². The molecule has 0 aliphatic rings. The summed E-state index contributed by atoms with van der Waals surface area (Å²) in [6, 6.07) is 9.61. The summed E-state index contributed by atoms with van der Waals surface area (Å²) in [5, 5.41) is 21.2. The van der Waals surface area contributed by atoms with Gasteiger partial charge in [0.15, 0.2) is 0 Å². The molecule has 18 heavy (non-hydrogen) atoms. The van der Waals surface area contributed by atoms with E-state index in [0.29, 0.717) is 13.1 Å². The van der Waals surface area contributed by atoms with Crippen molar-refractivity contribution in [3.05, 3.63) is 47.5 Å². The van der Waals surface area contributed by atoms with Gasteiger partial charge in [0.1, 0.15) is 11.6 Å². The monoisotopic (exact) mass is 246 g/mol. The van der Waals surface area contributed by atoms with Crippen LogP contribution in [0.2, 0.25) is 0 Å². The Hall–Kier alpha value is -1.72. The van der Waals surface area contributed by atoms with E-state index in [9.17, 15) is 5.11 Å². The Morgan fingerprint density at radius 3 is 2.61 bits per heavy atom. The van der Waals surface area contributed by atoms with Crippen LogP contribution < -0.4 is 5.32 Å². The first-order valence-corrected chi connectivity index (χ1v) is 5.97. The molecule has 0 fully saturated rings. The lowest BCUT2D eigenvalue weighted by molar-refractivity contribution is 0.174. The molecule has 1 unspecified atom stereocenters. The molecule has 0 bridgehead atoms. The Kier molecular flexibility index (Phi) is 4.07. The molecule has 5 nitrogen and oxygen atoms in total. The molecule has 2 rings (SSSR count). The number of aromatic nitrogens is 3. The Balaban J connectivity index is 1.84. The van der Waals surface area contributed by atoms with Gasteiger partial charge in [-0.3, -0.25) is 0 Å². The Morgan fingerprint density at radius 1 is 1.28 bits per heavy atom. The quantitative estimate of drug-likeness (QED) is 0.824.